The van der Waals surface area contributed by atoms with E-state index in [1.54, 1.807) is 0 Å². The lowest BCUT2D eigenvalue weighted by Gasteiger charge is -2.25. The summed E-state index contributed by atoms with van der Waals surface area (Å²) in [6, 6.07) is 6.60. The fourth-order valence-corrected chi connectivity index (χ4v) is 4.50. The Morgan fingerprint density at radius 3 is 2.12 bits per heavy atom. The third-order valence-electron chi connectivity index (χ3n) is 6.85. The monoisotopic (exact) mass is 600 g/mol. The van der Waals surface area contributed by atoms with E-state index in [9.17, 15) is 24.0 Å². The highest BCUT2D eigenvalue weighted by Gasteiger charge is 2.29. The average molecular weight is 601 g/mol. The molecule has 0 spiro atoms. The zero-order chi connectivity index (χ0) is 32.2. The van der Waals surface area contributed by atoms with Crippen molar-refractivity contribution in [2.45, 2.75) is 89.8 Å². The number of unbranched alkanes of at least 4 members (excludes halogenated alkanes) is 3. The van der Waals surface area contributed by atoms with Crippen LogP contribution in [-0.2, 0) is 30.4 Å². The molecule has 1 aromatic rings. The number of nitrogens with two attached hydrogens (primary N) is 1. The number of nitrogens with one attached hydrogen (secondary N) is 4. The minimum Gasteiger partial charge on any atom is -0.368 e. The van der Waals surface area contributed by atoms with Crippen LogP contribution in [0.2, 0.25) is 0 Å². The van der Waals surface area contributed by atoms with Gasteiger partial charge >= 0.3 is 0 Å². The van der Waals surface area contributed by atoms with Crippen LogP contribution < -0.4 is 27.0 Å². The Hall–Kier alpha value is -3.73. The standard InChI is InChI=1S/C32H52N6O5/c1-6-28(39)34-19-13-8-11-18-29(40)35-25(17-12-14-20-38(4)5)31(42)37-27(22-24-15-9-7-10-16-24)32(43)36-26(30(33)41)21-23(2)3/h6-7,9-10,15-16,23,25-27H,1,8,11-14,17-22H2,2-5H3,(H2,33,41)(H,34,39)(H,35,40)(H,36,43)(H,37,42)/t25-,26-,27-/m0/s1. The van der Waals surface area contributed by atoms with Crippen molar-refractivity contribution in [3.05, 3.63) is 48.6 Å². The average Bonchev–Trinajstić information content (AvgIpc) is 2.95. The van der Waals surface area contributed by atoms with E-state index >= 15 is 0 Å². The zero-order valence-electron chi connectivity index (χ0n) is 26.3. The summed E-state index contributed by atoms with van der Waals surface area (Å²) in [5.41, 5.74) is 6.38. The maximum absolute atomic E-state index is 13.6. The van der Waals surface area contributed by atoms with Gasteiger partial charge in [0, 0.05) is 19.4 Å². The molecule has 0 saturated carbocycles. The summed E-state index contributed by atoms with van der Waals surface area (Å²) in [5.74, 6) is -1.97. The molecule has 0 saturated heterocycles. The second kappa shape index (κ2) is 21.0. The molecular weight excluding hydrogens is 548 g/mol. The second-order valence-corrected chi connectivity index (χ2v) is 11.6. The highest BCUT2D eigenvalue weighted by molar-refractivity contribution is 5.94. The van der Waals surface area contributed by atoms with Crippen molar-refractivity contribution in [3.8, 4) is 0 Å². The topological polar surface area (TPSA) is 163 Å². The van der Waals surface area contributed by atoms with Crippen molar-refractivity contribution < 1.29 is 24.0 Å². The van der Waals surface area contributed by atoms with Gasteiger partial charge in [-0.2, -0.15) is 0 Å². The summed E-state index contributed by atoms with van der Waals surface area (Å²) in [4.78, 5) is 65.1. The van der Waals surface area contributed by atoms with E-state index < -0.39 is 35.8 Å². The first-order valence-electron chi connectivity index (χ1n) is 15.2. The lowest BCUT2D eigenvalue weighted by atomic mass is 10.0. The Labute approximate surface area is 256 Å². The van der Waals surface area contributed by atoms with E-state index in [4.69, 9.17) is 5.73 Å². The van der Waals surface area contributed by atoms with Gasteiger partial charge in [0.05, 0.1) is 0 Å². The third-order valence-corrected chi connectivity index (χ3v) is 6.85. The first-order valence-corrected chi connectivity index (χ1v) is 15.2. The molecule has 0 aliphatic heterocycles. The molecule has 43 heavy (non-hydrogen) atoms. The smallest absolute Gasteiger partial charge is 0.243 e. The fourth-order valence-electron chi connectivity index (χ4n) is 4.50. The Bertz CT molecular complexity index is 1030. The van der Waals surface area contributed by atoms with Gasteiger partial charge < -0.3 is 31.9 Å². The summed E-state index contributed by atoms with van der Waals surface area (Å²) in [6.45, 7) is 8.61. The predicted molar refractivity (Wildman–Crippen MR) is 169 cm³/mol. The molecule has 6 N–H and O–H groups in total. The van der Waals surface area contributed by atoms with Crippen LogP contribution in [0, 0.1) is 5.92 Å². The Morgan fingerprint density at radius 2 is 1.51 bits per heavy atom. The number of hydrogen-bond acceptors (Lipinski definition) is 6. The van der Waals surface area contributed by atoms with E-state index in [0.29, 0.717) is 32.2 Å². The molecule has 1 rings (SSSR count). The van der Waals surface area contributed by atoms with Gasteiger partial charge in [-0.05, 0) is 76.7 Å². The highest BCUT2D eigenvalue weighted by atomic mass is 16.2. The van der Waals surface area contributed by atoms with Crippen LogP contribution in [0.4, 0.5) is 0 Å². The third kappa shape index (κ3) is 17.1. The first-order chi connectivity index (χ1) is 20.4. The SMILES string of the molecule is C=CC(=O)NCCCCCC(=O)N[C@@H](CCCCN(C)C)C(=O)N[C@@H](Cc1ccccc1)C(=O)N[C@@H](CC(C)C)C(N)=O. The van der Waals surface area contributed by atoms with Crippen molar-refractivity contribution in [1.82, 2.24) is 26.2 Å². The molecule has 0 unspecified atom stereocenters. The Morgan fingerprint density at radius 1 is 0.860 bits per heavy atom. The minimum atomic E-state index is -0.976. The number of nitrogens with zero attached hydrogens (tertiary/aromatic N) is 1. The molecule has 5 amide bonds. The summed E-state index contributed by atoms with van der Waals surface area (Å²) >= 11 is 0. The van der Waals surface area contributed by atoms with Crippen LogP contribution in [0.5, 0.6) is 0 Å². The zero-order valence-corrected chi connectivity index (χ0v) is 26.3. The molecule has 11 heteroatoms. The van der Waals surface area contributed by atoms with E-state index in [-0.39, 0.29) is 30.6 Å². The lowest BCUT2D eigenvalue weighted by molar-refractivity contribution is -0.133. The summed E-state index contributed by atoms with van der Waals surface area (Å²) in [6.07, 6.45) is 6.05. The first kappa shape index (κ1) is 37.3. The van der Waals surface area contributed by atoms with Gasteiger partial charge in [-0.25, -0.2) is 0 Å². The van der Waals surface area contributed by atoms with E-state index in [1.165, 1.54) is 6.08 Å². The molecule has 0 aromatic heterocycles. The molecule has 240 valence electrons. The molecule has 0 bridgehead atoms. The van der Waals surface area contributed by atoms with Crippen LogP contribution in [0.1, 0.15) is 70.8 Å². The molecule has 0 radical (unpaired) electrons. The number of benzene rings is 1. The van der Waals surface area contributed by atoms with Crippen LogP contribution in [0.15, 0.2) is 43.0 Å². The van der Waals surface area contributed by atoms with E-state index in [1.807, 2.05) is 58.3 Å². The maximum atomic E-state index is 13.6. The van der Waals surface area contributed by atoms with Gasteiger partial charge in [0.15, 0.2) is 0 Å². The quantitative estimate of drug-likeness (QED) is 0.101. The van der Waals surface area contributed by atoms with Gasteiger partial charge in [0.1, 0.15) is 18.1 Å². The largest absolute Gasteiger partial charge is 0.368 e. The van der Waals surface area contributed by atoms with Gasteiger partial charge in [0.2, 0.25) is 29.5 Å². The molecule has 11 nitrogen and oxygen atoms in total. The van der Waals surface area contributed by atoms with E-state index in [0.717, 1.165) is 31.4 Å². The van der Waals surface area contributed by atoms with Crippen LogP contribution in [0.25, 0.3) is 0 Å². The van der Waals surface area contributed by atoms with Crippen molar-refractivity contribution in [1.29, 1.82) is 0 Å². The predicted octanol–water partition coefficient (Wildman–Crippen LogP) is 1.81. The molecule has 3 atom stereocenters. The molecular formula is C32H52N6O5. The van der Waals surface area contributed by atoms with Crippen molar-refractivity contribution in [3.63, 3.8) is 0 Å². The second-order valence-electron chi connectivity index (χ2n) is 11.6. The molecule has 0 aliphatic rings. The molecule has 0 fully saturated rings. The fraction of sp³-hybridized carbons (Fsp3) is 0.594. The van der Waals surface area contributed by atoms with Crippen LogP contribution in [-0.4, -0.2) is 79.7 Å². The van der Waals surface area contributed by atoms with Crippen LogP contribution in [0.3, 0.4) is 0 Å². The summed E-state index contributed by atoms with van der Waals surface area (Å²) in [5, 5.41) is 11.1. The highest BCUT2D eigenvalue weighted by Crippen LogP contribution is 2.10. The van der Waals surface area contributed by atoms with Gasteiger partial charge in [-0.1, -0.05) is 57.2 Å². The van der Waals surface area contributed by atoms with Crippen LogP contribution >= 0.6 is 0 Å². The van der Waals surface area contributed by atoms with Crippen molar-refractivity contribution in [2.24, 2.45) is 11.7 Å². The Kier molecular flexibility index (Phi) is 18.2. The summed E-state index contributed by atoms with van der Waals surface area (Å²) < 4.78 is 0. The van der Waals surface area contributed by atoms with Gasteiger partial charge in [-0.15, -0.1) is 0 Å². The summed E-state index contributed by atoms with van der Waals surface area (Å²) in [7, 11) is 3.94. The molecule has 1 aromatic carbocycles. The number of carbonyl (C=O) groups is 5. The maximum Gasteiger partial charge on any atom is 0.243 e. The van der Waals surface area contributed by atoms with Gasteiger partial charge in [0.25, 0.3) is 0 Å². The number of amides is 5. The Balaban J connectivity index is 2.96. The van der Waals surface area contributed by atoms with E-state index in [2.05, 4.69) is 32.7 Å². The number of rotatable bonds is 22. The van der Waals surface area contributed by atoms with Crippen molar-refractivity contribution in [2.75, 3.05) is 27.2 Å². The molecule has 0 aliphatic carbocycles. The number of primary amides is 1. The number of carbonyl (C=O) groups excluding carboxylic acids is 5. The molecule has 0 heterocycles. The van der Waals surface area contributed by atoms with Crippen molar-refractivity contribution >= 4 is 29.5 Å². The normalized spacial score (nSPS) is 13.1. The lowest BCUT2D eigenvalue weighted by Crippen LogP contribution is -2.57. The minimum absolute atomic E-state index is 0.118. The number of hydrogen-bond donors (Lipinski definition) is 5. The van der Waals surface area contributed by atoms with Gasteiger partial charge in [-0.3, -0.25) is 24.0 Å².